The fourth-order valence-corrected chi connectivity index (χ4v) is 2.43. The van der Waals surface area contributed by atoms with Gasteiger partial charge in [-0.15, -0.1) is 0 Å². The first-order valence-electron chi connectivity index (χ1n) is 6.84. The Bertz CT molecular complexity index is 341. The van der Waals surface area contributed by atoms with Crippen molar-refractivity contribution in [3.05, 3.63) is 12.2 Å². The molecule has 0 bridgehead atoms. The topological polar surface area (TPSA) is 42.7 Å². The van der Waals surface area contributed by atoms with Gasteiger partial charge in [-0.1, -0.05) is 6.92 Å². The second-order valence-corrected chi connectivity index (χ2v) is 5.25. The standard InChI is InChI=1S/C13H24N4/c1-4-14-12(11-5-6-11)7-8-13-15-9-16-17(13)10(2)3/h9-12,14H,4-8H2,1-3H3. The third kappa shape index (κ3) is 3.28. The van der Waals surface area contributed by atoms with Gasteiger partial charge >= 0.3 is 0 Å². The number of hydrogen-bond donors (Lipinski definition) is 1. The molecule has 4 heteroatoms. The molecule has 4 nitrogen and oxygen atoms in total. The molecule has 1 aromatic rings. The number of hydrogen-bond acceptors (Lipinski definition) is 3. The molecule has 17 heavy (non-hydrogen) atoms. The normalized spacial score (nSPS) is 17.6. The second kappa shape index (κ2) is 5.63. The third-order valence-corrected chi connectivity index (χ3v) is 3.47. The van der Waals surface area contributed by atoms with Gasteiger partial charge in [0.15, 0.2) is 0 Å². The van der Waals surface area contributed by atoms with Crippen molar-refractivity contribution in [1.82, 2.24) is 20.1 Å². The van der Waals surface area contributed by atoms with Crippen molar-refractivity contribution >= 4 is 0 Å². The quantitative estimate of drug-likeness (QED) is 0.789. The summed E-state index contributed by atoms with van der Waals surface area (Å²) >= 11 is 0. The van der Waals surface area contributed by atoms with E-state index in [0.29, 0.717) is 12.1 Å². The minimum atomic E-state index is 0.408. The van der Waals surface area contributed by atoms with Crippen LogP contribution in [0.3, 0.4) is 0 Å². The molecule has 0 saturated heterocycles. The number of rotatable bonds is 7. The van der Waals surface area contributed by atoms with E-state index in [1.807, 2.05) is 4.68 Å². The van der Waals surface area contributed by atoms with Crippen LogP contribution >= 0.6 is 0 Å². The van der Waals surface area contributed by atoms with Gasteiger partial charge in [-0.3, -0.25) is 0 Å². The van der Waals surface area contributed by atoms with Crippen LogP contribution in [0.25, 0.3) is 0 Å². The minimum Gasteiger partial charge on any atom is -0.314 e. The lowest BCUT2D eigenvalue weighted by molar-refractivity contribution is 0.428. The van der Waals surface area contributed by atoms with Gasteiger partial charge in [0.2, 0.25) is 0 Å². The van der Waals surface area contributed by atoms with E-state index in [-0.39, 0.29) is 0 Å². The van der Waals surface area contributed by atoms with Gasteiger partial charge in [0.05, 0.1) is 0 Å². The average Bonchev–Trinajstić information content (AvgIpc) is 3.02. The summed E-state index contributed by atoms with van der Waals surface area (Å²) in [7, 11) is 0. The molecule has 1 fully saturated rings. The summed E-state index contributed by atoms with van der Waals surface area (Å²) in [4.78, 5) is 4.37. The molecule has 1 heterocycles. The highest BCUT2D eigenvalue weighted by Gasteiger charge is 2.30. The summed E-state index contributed by atoms with van der Waals surface area (Å²) in [5.41, 5.74) is 0. The minimum absolute atomic E-state index is 0.408. The van der Waals surface area contributed by atoms with Gasteiger partial charge < -0.3 is 5.32 Å². The third-order valence-electron chi connectivity index (χ3n) is 3.47. The Morgan fingerprint density at radius 1 is 1.47 bits per heavy atom. The molecule has 0 aliphatic heterocycles. The highest BCUT2D eigenvalue weighted by Crippen LogP contribution is 2.34. The molecule has 1 aliphatic rings. The van der Waals surface area contributed by atoms with Crippen molar-refractivity contribution in [3.63, 3.8) is 0 Å². The maximum absolute atomic E-state index is 4.37. The van der Waals surface area contributed by atoms with E-state index in [9.17, 15) is 0 Å². The molecule has 0 radical (unpaired) electrons. The van der Waals surface area contributed by atoms with Crippen LogP contribution in [0.4, 0.5) is 0 Å². The molecular formula is C13H24N4. The molecule has 0 amide bonds. The maximum atomic E-state index is 4.37. The summed E-state index contributed by atoms with van der Waals surface area (Å²) in [6.45, 7) is 7.56. The van der Waals surface area contributed by atoms with Gasteiger partial charge in [0.25, 0.3) is 0 Å². The van der Waals surface area contributed by atoms with E-state index in [2.05, 4.69) is 36.2 Å². The molecule has 1 unspecified atom stereocenters. The fraction of sp³-hybridized carbons (Fsp3) is 0.846. The largest absolute Gasteiger partial charge is 0.314 e. The van der Waals surface area contributed by atoms with Crippen LogP contribution in [0, 0.1) is 5.92 Å². The first kappa shape index (κ1) is 12.6. The zero-order valence-corrected chi connectivity index (χ0v) is 11.2. The van der Waals surface area contributed by atoms with Crippen LogP contribution in [0.15, 0.2) is 6.33 Å². The van der Waals surface area contributed by atoms with Crippen LogP contribution < -0.4 is 5.32 Å². The van der Waals surface area contributed by atoms with Crippen LogP contribution in [0.5, 0.6) is 0 Å². The number of aryl methyl sites for hydroxylation is 1. The van der Waals surface area contributed by atoms with E-state index in [1.165, 1.54) is 19.3 Å². The van der Waals surface area contributed by atoms with E-state index < -0.39 is 0 Å². The van der Waals surface area contributed by atoms with Gasteiger partial charge in [0, 0.05) is 18.5 Å². The second-order valence-electron chi connectivity index (χ2n) is 5.25. The summed E-state index contributed by atoms with van der Waals surface area (Å²) in [6, 6.07) is 1.09. The SMILES string of the molecule is CCNC(CCc1ncnn1C(C)C)C1CC1. The van der Waals surface area contributed by atoms with E-state index in [4.69, 9.17) is 0 Å². The Hall–Kier alpha value is -0.900. The Kier molecular flexibility index (Phi) is 4.15. The molecule has 1 aromatic heterocycles. The predicted molar refractivity (Wildman–Crippen MR) is 68.9 cm³/mol. The first-order valence-corrected chi connectivity index (χ1v) is 6.84. The molecule has 1 aliphatic carbocycles. The van der Waals surface area contributed by atoms with Gasteiger partial charge in [-0.2, -0.15) is 5.10 Å². The molecule has 0 spiro atoms. The Morgan fingerprint density at radius 2 is 2.24 bits per heavy atom. The molecule has 2 rings (SSSR count). The zero-order chi connectivity index (χ0) is 12.3. The van der Waals surface area contributed by atoms with Gasteiger partial charge in [-0.25, -0.2) is 9.67 Å². The van der Waals surface area contributed by atoms with Crippen LogP contribution in [0.1, 0.15) is 51.9 Å². The van der Waals surface area contributed by atoms with Crippen LogP contribution in [-0.4, -0.2) is 27.4 Å². The summed E-state index contributed by atoms with van der Waals surface area (Å²) in [5, 5.41) is 7.88. The highest BCUT2D eigenvalue weighted by atomic mass is 15.3. The highest BCUT2D eigenvalue weighted by molar-refractivity contribution is 4.92. The number of nitrogens with zero attached hydrogens (tertiary/aromatic N) is 3. The zero-order valence-electron chi connectivity index (χ0n) is 11.2. The number of nitrogens with one attached hydrogen (secondary N) is 1. The molecule has 1 saturated carbocycles. The summed E-state index contributed by atoms with van der Waals surface area (Å²) in [6.07, 6.45) is 6.69. The Morgan fingerprint density at radius 3 is 2.82 bits per heavy atom. The lowest BCUT2D eigenvalue weighted by Gasteiger charge is -2.17. The van der Waals surface area contributed by atoms with Crippen molar-refractivity contribution in [1.29, 1.82) is 0 Å². The smallest absolute Gasteiger partial charge is 0.138 e. The predicted octanol–water partition coefficient (Wildman–Crippen LogP) is 2.18. The van der Waals surface area contributed by atoms with Crippen molar-refractivity contribution < 1.29 is 0 Å². The average molecular weight is 236 g/mol. The molecule has 96 valence electrons. The molecular weight excluding hydrogens is 212 g/mol. The van der Waals surface area contributed by atoms with Gasteiger partial charge in [0.1, 0.15) is 12.2 Å². The summed E-state index contributed by atoms with van der Waals surface area (Å²) < 4.78 is 2.04. The van der Waals surface area contributed by atoms with Crippen LogP contribution in [0.2, 0.25) is 0 Å². The monoisotopic (exact) mass is 236 g/mol. The van der Waals surface area contributed by atoms with E-state index in [1.54, 1.807) is 6.33 Å². The molecule has 0 aromatic carbocycles. The van der Waals surface area contributed by atoms with Crippen molar-refractivity contribution in [2.45, 2.75) is 58.5 Å². The Labute approximate surface area is 104 Å². The summed E-state index contributed by atoms with van der Waals surface area (Å²) in [5.74, 6) is 2.04. The number of aromatic nitrogens is 3. The van der Waals surface area contributed by atoms with Crippen LogP contribution in [-0.2, 0) is 6.42 Å². The lowest BCUT2D eigenvalue weighted by Crippen LogP contribution is -2.31. The van der Waals surface area contributed by atoms with Gasteiger partial charge in [-0.05, 0) is 45.6 Å². The lowest BCUT2D eigenvalue weighted by atomic mass is 10.1. The van der Waals surface area contributed by atoms with E-state index in [0.717, 1.165) is 24.7 Å². The first-order chi connectivity index (χ1) is 8.22. The fourth-order valence-electron chi connectivity index (χ4n) is 2.43. The Balaban J connectivity index is 1.89. The van der Waals surface area contributed by atoms with E-state index >= 15 is 0 Å². The van der Waals surface area contributed by atoms with Crippen molar-refractivity contribution in [2.24, 2.45) is 5.92 Å². The maximum Gasteiger partial charge on any atom is 0.138 e. The van der Waals surface area contributed by atoms with Crippen molar-refractivity contribution in [2.75, 3.05) is 6.54 Å². The molecule has 1 atom stereocenters. The van der Waals surface area contributed by atoms with Crippen molar-refractivity contribution in [3.8, 4) is 0 Å². The molecule has 1 N–H and O–H groups in total.